The molecule has 12 rings (SSSR count). The summed E-state index contributed by atoms with van der Waals surface area (Å²) < 4.78 is 11.6. The molecular formula is C54H34N2O. The molecule has 0 atom stereocenters. The van der Waals surface area contributed by atoms with E-state index >= 15 is 0 Å². The van der Waals surface area contributed by atoms with Crippen LogP contribution in [0.25, 0.3) is 110 Å². The summed E-state index contributed by atoms with van der Waals surface area (Å²) in [5.74, 6) is 0. The summed E-state index contributed by atoms with van der Waals surface area (Å²) >= 11 is 0. The van der Waals surface area contributed by atoms with E-state index in [-0.39, 0.29) is 0 Å². The van der Waals surface area contributed by atoms with Crippen molar-refractivity contribution in [1.29, 1.82) is 0 Å². The van der Waals surface area contributed by atoms with E-state index in [9.17, 15) is 0 Å². The molecule has 0 radical (unpaired) electrons. The van der Waals surface area contributed by atoms with Crippen LogP contribution >= 0.6 is 0 Å². The number of hydrogen-bond donors (Lipinski definition) is 0. The first-order valence-corrected chi connectivity index (χ1v) is 19.5. The Labute approximate surface area is 328 Å². The summed E-state index contributed by atoms with van der Waals surface area (Å²) in [6, 6.07) is 74.3. The minimum atomic E-state index is 0.885. The van der Waals surface area contributed by atoms with Crippen LogP contribution in [0.3, 0.4) is 0 Å². The molecule has 9 aromatic carbocycles. The number of aromatic nitrogens is 2. The van der Waals surface area contributed by atoms with Gasteiger partial charge in [-0.1, -0.05) is 152 Å². The van der Waals surface area contributed by atoms with Gasteiger partial charge in [-0.25, -0.2) is 0 Å². The van der Waals surface area contributed by atoms with Crippen LogP contribution in [0.1, 0.15) is 0 Å². The highest BCUT2D eigenvalue weighted by molar-refractivity contribution is 6.23. The van der Waals surface area contributed by atoms with E-state index in [0.29, 0.717) is 0 Å². The van der Waals surface area contributed by atoms with Crippen molar-refractivity contribution in [2.45, 2.75) is 0 Å². The third kappa shape index (κ3) is 4.73. The van der Waals surface area contributed by atoms with Crippen LogP contribution < -0.4 is 0 Å². The lowest BCUT2D eigenvalue weighted by Crippen LogP contribution is -1.96. The number of para-hydroxylation sites is 3. The van der Waals surface area contributed by atoms with Gasteiger partial charge in [0, 0.05) is 38.2 Å². The van der Waals surface area contributed by atoms with Gasteiger partial charge in [-0.3, -0.25) is 0 Å². The Morgan fingerprint density at radius 3 is 1.54 bits per heavy atom. The van der Waals surface area contributed by atoms with E-state index in [1.54, 1.807) is 0 Å². The van der Waals surface area contributed by atoms with Crippen LogP contribution in [0.5, 0.6) is 0 Å². The molecule has 0 fully saturated rings. The van der Waals surface area contributed by atoms with E-state index in [0.717, 1.165) is 55.5 Å². The summed E-state index contributed by atoms with van der Waals surface area (Å²) in [6.45, 7) is 0. The summed E-state index contributed by atoms with van der Waals surface area (Å²) in [7, 11) is 0. The van der Waals surface area contributed by atoms with Crippen LogP contribution in [0.15, 0.2) is 211 Å². The molecule has 0 aliphatic rings. The second-order valence-electron chi connectivity index (χ2n) is 14.8. The van der Waals surface area contributed by atoms with Crippen molar-refractivity contribution in [3.8, 4) is 44.8 Å². The fourth-order valence-electron chi connectivity index (χ4n) is 9.32. The molecule has 0 aliphatic heterocycles. The number of hydrogen-bond acceptors (Lipinski definition) is 1. The predicted octanol–water partition coefficient (Wildman–Crippen LogP) is 14.8. The standard InChI is InChI=1S/C54H34N2O/c1-3-16-35(17-4-1)37-20-13-21-38(34-37)55-45-27-10-7-22-42(45)51-40(25-14-29-47(51)55)41-26-15-30-48-52(41)43-23-8-11-28-46(43)56(48)49-33-32-39(36-18-5-2-6-19-36)54-53(49)44-24-9-12-31-50(44)57-54/h1-34H. The predicted molar refractivity (Wildman–Crippen MR) is 239 cm³/mol. The van der Waals surface area contributed by atoms with Crippen molar-refractivity contribution in [2.75, 3.05) is 0 Å². The lowest BCUT2D eigenvalue weighted by molar-refractivity contribution is 0.670. The maximum Gasteiger partial charge on any atom is 0.145 e. The maximum atomic E-state index is 6.74. The molecule has 3 heterocycles. The molecule has 0 N–H and O–H groups in total. The maximum absolute atomic E-state index is 6.74. The number of fused-ring (bicyclic) bond motifs is 9. The molecule has 0 bridgehead atoms. The molecule has 266 valence electrons. The van der Waals surface area contributed by atoms with Crippen molar-refractivity contribution < 1.29 is 4.42 Å². The second-order valence-corrected chi connectivity index (χ2v) is 14.8. The van der Waals surface area contributed by atoms with Crippen molar-refractivity contribution >= 4 is 65.6 Å². The lowest BCUT2D eigenvalue weighted by Gasteiger charge is -2.13. The summed E-state index contributed by atoms with van der Waals surface area (Å²) in [5.41, 5.74) is 15.8. The zero-order valence-electron chi connectivity index (χ0n) is 30.9. The monoisotopic (exact) mass is 726 g/mol. The van der Waals surface area contributed by atoms with Gasteiger partial charge < -0.3 is 13.6 Å². The van der Waals surface area contributed by atoms with Crippen molar-refractivity contribution in [2.24, 2.45) is 0 Å². The van der Waals surface area contributed by atoms with Gasteiger partial charge >= 0.3 is 0 Å². The fourth-order valence-corrected chi connectivity index (χ4v) is 9.32. The average Bonchev–Trinajstić information content (AvgIpc) is 3.95. The molecule has 0 amide bonds. The van der Waals surface area contributed by atoms with Crippen molar-refractivity contribution in [3.63, 3.8) is 0 Å². The molecule has 57 heavy (non-hydrogen) atoms. The minimum Gasteiger partial charge on any atom is -0.455 e. The lowest BCUT2D eigenvalue weighted by atomic mass is 9.95. The normalized spacial score (nSPS) is 11.9. The van der Waals surface area contributed by atoms with E-state index in [1.807, 2.05) is 0 Å². The topological polar surface area (TPSA) is 23.0 Å². The highest BCUT2D eigenvalue weighted by atomic mass is 16.3. The van der Waals surface area contributed by atoms with Gasteiger partial charge in [0.25, 0.3) is 0 Å². The zero-order valence-corrected chi connectivity index (χ0v) is 30.9. The zero-order chi connectivity index (χ0) is 37.5. The van der Waals surface area contributed by atoms with Crippen LogP contribution in [0.2, 0.25) is 0 Å². The van der Waals surface area contributed by atoms with Gasteiger partial charge in [0.2, 0.25) is 0 Å². The first kappa shape index (κ1) is 31.7. The third-order valence-corrected chi connectivity index (χ3v) is 11.7. The van der Waals surface area contributed by atoms with Crippen LogP contribution in [0.4, 0.5) is 0 Å². The van der Waals surface area contributed by atoms with Gasteiger partial charge in [-0.15, -0.1) is 0 Å². The Bertz CT molecular complexity index is 3510. The SMILES string of the molecule is c1ccc(-c2cccc(-n3c4ccccc4c4c(-c5cccc6c5c5ccccc5n6-c5ccc(-c6ccccc6)c6oc7ccccc7c56)cccc43)c2)cc1. The average molecular weight is 727 g/mol. The molecule has 3 heteroatoms. The molecule has 0 saturated heterocycles. The second kappa shape index (κ2) is 12.5. The number of rotatable bonds is 5. The minimum absolute atomic E-state index is 0.885. The number of furan rings is 1. The Kier molecular flexibility index (Phi) is 6.93. The van der Waals surface area contributed by atoms with E-state index in [4.69, 9.17) is 4.42 Å². The van der Waals surface area contributed by atoms with E-state index in [1.165, 1.54) is 54.8 Å². The van der Waals surface area contributed by atoms with Crippen LogP contribution in [-0.4, -0.2) is 9.13 Å². The molecular weight excluding hydrogens is 693 g/mol. The van der Waals surface area contributed by atoms with E-state index < -0.39 is 0 Å². The Morgan fingerprint density at radius 1 is 0.316 bits per heavy atom. The Hall–Kier alpha value is -7.62. The van der Waals surface area contributed by atoms with Crippen LogP contribution in [-0.2, 0) is 0 Å². The Balaban J connectivity index is 1.14. The smallest absolute Gasteiger partial charge is 0.145 e. The molecule has 0 spiro atoms. The summed E-state index contributed by atoms with van der Waals surface area (Å²) in [5, 5.41) is 7.15. The molecule has 0 unspecified atom stereocenters. The molecule has 3 nitrogen and oxygen atoms in total. The summed E-state index contributed by atoms with van der Waals surface area (Å²) in [6.07, 6.45) is 0. The fraction of sp³-hybridized carbons (Fsp3) is 0. The van der Waals surface area contributed by atoms with Gasteiger partial charge in [0.15, 0.2) is 0 Å². The Morgan fingerprint density at radius 2 is 0.842 bits per heavy atom. The molecule has 3 aromatic heterocycles. The van der Waals surface area contributed by atoms with Gasteiger partial charge in [0.05, 0.1) is 33.1 Å². The van der Waals surface area contributed by atoms with Crippen molar-refractivity contribution in [3.05, 3.63) is 206 Å². The van der Waals surface area contributed by atoms with Gasteiger partial charge in [-0.05, 0) is 82.4 Å². The number of benzene rings is 9. The van der Waals surface area contributed by atoms with Gasteiger partial charge in [0.1, 0.15) is 11.2 Å². The number of nitrogens with zero attached hydrogens (tertiary/aromatic N) is 2. The molecule has 0 aliphatic carbocycles. The third-order valence-electron chi connectivity index (χ3n) is 11.7. The van der Waals surface area contributed by atoms with E-state index in [2.05, 4.69) is 215 Å². The quantitative estimate of drug-likeness (QED) is 0.173. The first-order valence-electron chi connectivity index (χ1n) is 19.5. The highest BCUT2D eigenvalue weighted by Crippen LogP contribution is 2.46. The first-order chi connectivity index (χ1) is 28.3. The molecule has 0 saturated carbocycles. The van der Waals surface area contributed by atoms with Crippen LogP contribution in [0, 0.1) is 0 Å². The largest absolute Gasteiger partial charge is 0.455 e. The molecule has 12 aromatic rings. The van der Waals surface area contributed by atoms with Crippen molar-refractivity contribution in [1.82, 2.24) is 9.13 Å². The van der Waals surface area contributed by atoms with Gasteiger partial charge in [-0.2, -0.15) is 0 Å². The highest BCUT2D eigenvalue weighted by Gasteiger charge is 2.23. The summed E-state index contributed by atoms with van der Waals surface area (Å²) in [4.78, 5) is 0.